The van der Waals surface area contributed by atoms with E-state index in [4.69, 9.17) is 0 Å². The third-order valence-corrected chi connectivity index (χ3v) is 3.09. The van der Waals surface area contributed by atoms with Gasteiger partial charge in [-0.3, -0.25) is 4.79 Å². The fourth-order valence-corrected chi connectivity index (χ4v) is 2.14. The minimum absolute atomic E-state index is 0.254. The van der Waals surface area contributed by atoms with Gasteiger partial charge in [-0.1, -0.05) is 6.92 Å². The molecule has 0 bridgehead atoms. The molecule has 2 unspecified atom stereocenters. The van der Waals surface area contributed by atoms with E-state index in [0.717, 1.165) is 32.6 Å². The lowest BCUT2D eigenvalue weighted by molar-refractivity contribution is -0.140. The highest BCUT2D eigenvalue weighted by Crippen LogP contribution is 2.20. The molecule has 0 aromatic heterocycles. The number of nitrogens with one attached hydrogen (secondary N) is 1. The molecule has 0 saturated carbocycles. The summed E-state index contributed by atoms with van der Waals surface area (Å²) in [7, 11) is 0. The van der Waals surface area contributed by atoms with Gasteiger partial charge in [0.25, 0.3) is 0 Å². The molecule has 0 aliphatic carbocycles. The minimum Gasteiger partial charge on any atom is -0.342 e. The number of hydrogen-bond acceptors (Lipinski definition) is 2. The van der Waals surface area contributed by atoms with Crippen molar-refractivity contribution < 1.29 is 4.79 Å². The van der Waals surface area contributed by atoms with Crippen LogP contribution in [-0.4, -0.2) is 37.0 Å². The van der Waals surface area contributed by atoms with E-state index >= 15 is 0 Å². The molecule has 2 rings (SSSR count). The third-order valence-electron chi connectivity index (χ3n) is 3.09. The van der Waals surface area contributed by atoms with E-state index in [1.165, 1.54) is 6.42 Å². The molecule has 0 spiro atoms. The van der Waals surface area contributed by atoms with Gasteiger partial charge in [-0.2, -0.15) is 0 Å². The number of rotatable bonds is 1. The lowest BCUT2D eigenvalue weighted by atomic mass is 9.90. The van der Waals surface area contributed by atoms with Crippen molar-refractivity contribution in [3.63, 3.8) is 0 Å². The van der Waals surface area contributed by atoms with Crippen LogP contribution in [0.3, 0.4) is 0 Å². The zero-order chi connectivity index (χ0) is 9.26. The predicted molar refractivity (Wildman–Crippen MR) is 51.3 cm³/mol. The molecule has 2 aliphatic heterocycles. The second kappa shape index (κ2) is 3.66. The van der Waals surface area contributed by atoms with E-state index in [9.17, 15) is 4.79 Å². The Morgan fingerprint density at radius 3 is 2.69 bits per heavy atom. The highest BCUT2D eigenvalue weighted by molar-refractivity contribution is 5.79. The topological polar surface area (TPSA) is 32.3 Å². The van der Waals surface area contributed by atoms with Crippen molar-refractivity contribution in [2.75, 3.05) is 26.2 Å². The monoisotopic (exact) mass is 182 g/mol. The van der Waals surface area contributed by atoms with Crippen LogP contribution in [0.1, 0.15) is 19.8 Å². The molecule has 13 heavy (non-hydrogen) atoms. The fourth-order valence-electron chi connectivity index (χ4n) is 2.14. The standard InChI is InChI=1S/C10H18N2O/c1-8-5-9(7-11-6-8)10(13)12-3-2-4-12/h8-9,11H,2-7H2,1H3. The number of nitrogens with zero attached hydrogens (tertiary/aromatic N) is 1. The van der Waals surface area contributed by atoms with Crippen molar-refractivity contribution >= 4 is 5.91 Å². The summed E-state index contributed by atoms with van der Waals surface area (Å²) in [5, 5.41) is 3.32. The van der Waals surface area contributed by atoms with Crippen molar-refractivity contribution in [3.8, 4) is 0 Å². The van der Waals surface area contributed by atoms with Crippen LogP contribution in [0.4, 0.5) is 0 Å². The van der Waals surface area contributed by atoms with Crippen LogP contribution in [0.15, 0.2) is 0 Å². The van der Waals surface area contributed by atoms with Crippen molar-refractivity contribution in [2.24, 2.45) is 11.8 Å². The molecule has 2 aliphatic rings. The Balaban J connectivity index is 1.87. The van der Waals surface area contributed by atoms with Gasteiger partial charge in [0.15, 0.2) is 0 Å². The molecule has 1 amide bonds. The largest absolute Gasteiger partial charge is 0.342 e. The number of amides is 1. The normalized spacial score (nSPS) is 34.1. The molecule has 0 aromatic carbocycles. The van der Waals surface area contributed by atoms with Gasteiger partial charge in [-0.15, -0.1) is 0 Å². The van der Waals surface area contributed by atoms with Crippen LogP contribution >= 0.6 is 0 Å². The van der Waals surface area contributed by atoms with Crippen LogP contribution in [0.2, 0.25) is 0 Å². The highest BCUT2D eigenvalue weighted by Gasteiger charge is 2.30. The second-order valence-corrected chi connectivity index (χ2v) is 4.37. The molecule has 2 saturated heterocycles. The summed E-state index contributed by atoms with van der Waals surface area (Å²) in [6.07, 6.45) is 2.27. The maximum absolute atomic E-state index is 11.8. The number of carbonyl (C=O) groups is 1. The van der Waals surface area contributed by atoms with Gasteiger partial charge in [0.05, 0.1) is 5.92 Å². The van der Waals surface area contributed by atoms with E-state index in [0.29, 0.717) is 11.8 Å². The van der Waals surface area contributed by atoms with Crippen molar-refractivity contribution in [3.05, 3.63) is 0 Å². The van der Waals surface area contributed by atoms with Gasteiger partial charge in [0.2, 0.25) is 5.91 Å². The van der Waals surface area contributed by atoms with Crippen LogP contribution in [-0.2, 0) is 4.79 Å². The Bertz CT molecular complexity index is 201. The fraction of sp³-hybridized carbons (Fsp3) is 0.900. The highest BCUT2D eigenvalue weighted by atomic mass is 16.2. The van der Waals surface area contributed by atoms with Crippen molar-refractivity contribution in [1.82, 2.24) is 10.2 Å². The number of hydrogen-bond donors (Lipinski definition) is 1. The van der Waals surface area contributed by atoms with Crippen LogP contribution in [0, 0.1) is 11.8 Å². The first-order valence-corrected chi connectivity index (χ1v) is 5.27. The molecular formula is C10H18N2O. The molecule has 3 nitrogen and oxygen atoms in total. The van der Waals surface area contributed by atoms with Crippen LogP contribution < -0.4 is 5.32 Å². The van der Waals surface area contributed by atoms with Gasteiger partial charge in [0.1, 0.15) is 0 Å². The molecule has 74 valence electrons. The first-order valence-electron chi connectivity index (χ1n) is 5.27. The van der Waals surface area contributed by atoms with E-state index in [1.54, 1.807) is 0 Å². The Morgan fingerprint density at radius 2 is 2.15 bits per heavy atom. The minimum atomic E-state index is 0.254. The lowest BCUT2D eigenvalue weighted by Crippen LogP contribution is -2.50. The molecule has 3 heteroatoms. The number of likely N-dealkylation sites (tertiary alicyclic amines) is 1. The molecule has 0 radical (unpaired) electrons. The summed E-state index contributed by atoms with van der Waals surface area (Å²) in [5.41, 5.74) is 0. The average Bonchev–Trinajstić information content (AvgIpc) is 2.01. The Morgan fingerprint density at radius 1 is 1.38 bits per heavy atom. The Hall–Kier alpha value is -0.570. The van der Waals surface area contributed by atoms with E-state index < -0.39 is 0 Å². The first-order chi connectivity index (χ1) is 6.27. The van der Waals surface area contributed by atoms with Gasteiger partial charge < -0.3 is 10.2 Å². The summed E-state index contributed by atoms with van der Waals surface area (Å²) >= 11 is 0. The summed E-state index contributed by atoms with van der Waals surface area (Å²) in [6.45, 7) is 6.15. The number of carbonyl (C=O) groups excluding carboxylic acids is 1. The molecule has 0 aromatic rings. The molecule has 2 heterocycles. The average molecular weight is 182 g/mol. The van der Waals surface area contributed by atoms with Crippen molar-refractivity contribution in [1.29, 1.82) is 0 Å². The number of piperidine rings is 1. The summed E-state index contributed by atoms with van der Waals surface area (Å²) in [6, 6.07) is 0. The third kappa shape index (κ3) is 1.85. The van der Waals surface area contributed by atoms with Gasteiger partial charge >= 0.3 is 0 Å². The second-order valence-electron chi connectivity index (χ2n) is 4.37. The predicted octanol–water partition coefficient (Wildman–Crippen LogP) is 0.464. The summed E-state index contributed by atoms with van der Waals surface area (Å²) < 4.78 is 0. The zero-order valence-electron chi connectivity index (χ0n) is 8.25. The molecular weight excluding hydrogens is 164 g/mol. The van der Waals surface area contributed by atoms with Gasteiger partial charge in [-0.05, 0) is 25.3 Å². The smallest absolute Gasteiger partial charge is 0.226 e. The summed E-state index contributed by atoms with van der Waals surface area (Å²) in [4.78, 5) is 13.8. The van der Waals surface area contributed by atoms with Gasteiger partial charge in [0, 0.05) is 19.6 Å². The van der Waals surface area contributed by atoms with E-state index in [1.807, 2.05) is 4.90 Å². The SMILES string of the molecule is CC1CNCC(C(=O)N2CCC2)C1. The van der Waals surface area contributed by atoms with Crippen molar-refractivity contribution in [2.45, 2.75) is 19.8 Å². The van der Waals surface area contributed by atoms with E-state index in [-0.39, 0.29) is 5.92 Å². The first kappa shape index (κ1) is 9.00. The Labute approximate surface area is 79.5 Å². The lowest BCUT2D eigenvalue weighted by Gasteiger charge is -2.36. The van der Waals surface area contributed by atoms with Crippen LogP contribution in [0.25, 0.3) is 0 Å². The molecule has 1 N–H and O–H groups in total. The molecule has 2 atom stereocenters. The maximum atomic E-state index is 11.8. The Kier molecular flexibility index (Phi) is 2.54. The zero-order valence-corrected chi connectivity index (χ0v) is 8.25. The van der Waals surface area contributed by atoms with E-state index in [2.05, 4.69) is 12.2 Å². The van der Waals surface area contributed by atoms with Gasteiger partial charge in [-0.25, -0.2) is 0 Å². The maximum Gasteiger partial charge on any atom is 0.226 e. The van der Waals surface area contributed by atoms with Crippen LogP contribution in [0.5, 0.6) is 0 Å². The summed E-state index contributed by atoms with van der Waals surface area (Å²) in [5.74, 6) is 1.29. The molecule has 2 fully saturated rings. The quantitative estimate of drug-likeness (QED) is 0.639.